The minimum Gasteiger partial charge on any atom is -0.331 e. The second kappa shape index (κ2) is 5.93. The molecule has 1 atom stereocenters. The number of fused-ring (bicyclic) bond motifs is 1. The summed E-state index contributed by atoms with van der Waals surface area (Å²) >= 11 is 0. The largest absolute Gasteiger partial charge is 0.331 e. The van der Waals surface area contributed by atoms with Gasteiger partial charge in [-0.1, -0.05) is 30.3 Å². The Bertz CT molecular complexity index is 755. The number of rotatable bonds is 4. The van der Waals surface area contributed by atoms with Crippen LogP contribution in [-0.4, -0.2) is 22.1 Å². The number of aromatic nitrogens is 2. The van der Waals surface area contributed by atoms with Crippen molar-refractivity contribution in [2.75, 3.05) is 6.54 Å². The van der Waals surface area contributed by atoms with E-state index in [0.717, 1.165) is 25.2 Å². The van der Waals surface area contributed by atoms with Gasteiger partial charge in [-0.05, 0) is 49.1 Å². The third kappa shape index (κ3) is 2.64. The van der Waals surface area contributed by atoms with E-state index in [4.69, 9.17) is 0 Å². The zero-order chi connectivity index (χ0) is 14.8. The summed E-state index contributed by atoms with van der Waals surface area (Å²) in [6.07, 6.45) is 7.71. The summed E-state index contributed by atoms with van der Waals surface area (Å²) in [6, 6.07) is 15.5. The average Bonchev–Trinajstić information content (AvgIpc) is 3.18. The van der Waals surface area contributed by atoms with Crippen molar-refractivity contribution in [1.29, 1.82) is 0 Å². The van der Waals surface area contributed by atoms with Gasteiger partial charge in [0.2, 0.25) is 0 Å². The first-order valence-electron chi connectivity index (χ1n) is 8.10. The Morgan fingerprint density at radius 1 is 1.14 bits per heavy atom. The first kappa shape index (κ1) is 13.5. The van der Waals surface area contributed by atoms with Gasteiger partial charge < -0.3 is 9.88 Å². The molecule has 3 heterocycles. The van der Waals surface area contributed by atoms with Crippen LogP contribution in [0.4, 0.5) is 0 Å². The summed E-state index contributed by atoms with van der Waals surface area (Å²) < 4.78 is 2.33. The minimum absolute atomic E-state index is 0.585. The van der Waals surface area contributed by atoms with Crippen molar-refractivity contribution in [2.45, 2.75) is 31.8 Å². The van der Waals surface area contributed by atoms with E-state index in [0.29, 0.717) is 6.04 Å². The quantitative estimate of drug-likeness (QED) is 0.798. The molecule has 1 saturated heterocycles. The van der Waals surface area contributed by atoms with Crippen molar-refractivity contribution >= 4 is 11.0 Å². The molecule has 0 aliphatic carbocycles. The van der Waals surface area contributed by atoms with E-state index < -0.39 is 0 Å². The first-order chi connectivity index (χ1) is 10.9. The lowest BCUT2D eigenvalue weighted by Gasteiger charge is -2.11. The van der Waals surface area contributed by atoms with Gasteiger partial charge in [-0.2, -0.15) is 0 Å². The van der Waals surface area contributed by atoms with Gasteiger partial charge in [-0.3, -0.25) is 0 Å². The molecular formula is C19H21N3. The fourth-order valence-corrected chi connectivity index (χ4v) is 3.44. The van der Waals surface area contributed by atoms with Gasteiger partial charge >= 0.3 is 0 Å². The second-order valence-electron chi connectivity index (χ2n) is 6.14. The molecular weight excluding hydrogens is 270 g/mol. The van der Waals surface area contributed by atoms with Crippen molar-refractivity contribution < 1.29 is 0 Å². The Morgan fingerprint density at radius 3 is 2.86 bits per heavy atom. The van der Waals surface area contributed by atoms with Crippen molar-refractivity contribution in [3.05, 3.63) is 66.0 Å². The lowest BCUT2D eigenvalue weighted by atomic mass is 10.1. The third-order valence-corrected chi connectivity index (χ3v) is 4.53. The molecule has 0 radical (unpaired) electrons. The van der Waals surface area contributed by atoms with Gasteiger partial charge in [0.1, 0.15) is 5.65 Å². The number of hydrogen-bond acceptors (Lipinski definition) is 2. The SMILES string of the molecule is c1ccc(Cc2cn(C[C@H]3CCCN3)c3ncccc23)cc1. The van der Waals surface area contributed by atoms with E-state index >= 15 is 0 Å². The van der Waals surface area contributed by atoms with Crippen LogP contribution < -0.4 is 5.32 Å². The monoisotopic (exact) mass is 291 g/mol. The van der Waals surface area contributed by atoms with E-state index in [1.165, 1.54) is 29.4 Å². The Balaban J connectivity index is 1.69. The predicted molar refractivity (Wildman–Crippen MR) is 90.0 cm³/mol. The van der Waals surface area contributed by atoms with Crippen LogP contribution in [0.5, 0.6) is 0 Å². The van der Waals surface area contributed by atoms with Crippen molar-refractivity contribution in [3.63, 3.8) is 0 Å². The molecule has 3 aromatic rings. The number of benzene rings is 1. The summed E-state index contributed by atoms with van der Waals surface area (Å²) in [5.74, 6) is 0. The van der Waals surface area contributed by atoms with Gasteiger partial charge in [0, 0.05) is 30.4 Å². The molecule has 1 aliphatic rings. The zero-order valence-corrected chi connectivity index (χ0v) is 12.7. The van der Waals surface area contributed by atoms with Crippen LogP contribution >= 0.6 is 0 Å². The molecule has 22 heavy (non-hydrogen) atoms. The molecule has 1 fully saturated rings. The highest BCUT2D eigenvalue weighted by Gasteiger charge is 2.17. The molecule has 0 spiro atoms. The predicted octanol–water partition coefficient (Wildman–Crippen LogP) is 3.38. The third-order valence-electron chi connectivity index (χ3n) is 4.53. The molecule has 1 N–H and O–H groups in total. The van der Waals surface area contributed by atoms with E-state index in [2.05, 4.69) is 57.5 Å². The number of nitrogens with one attached hydrogen (secondary N) is 1. The molecule has 3 nitrogen and oxygen atoms in total. The van der Waals surface area contributed by atoms with Gasteiger partial charge in [0.05, 0.1) is 0 Å². The summed E-state index contributed by atoms with van der Waals surface area (Å²) in [5.41, 5.74) is 3.83. The van der Waals surface area contributed by atoms with Crippen LogP contribution in [0.1, 0.15) is 24.0 Å². The maximum absolute atomic E-state index is 4.62. The summed E-state index contributed by atoms with van der Waals surface area (Å²) in [4.78, 5) is 4.62. The first-order valence-corrected chi connectivity index (χ1v) is 8.10. The molecule has 4 rings (SSSR count). The van der Waals surface area contributed by atoms with Crippen molar-refractivity contribution in [1.82, 2.24) is 14.9 Å². The summed E-state index contributed by atoms with van der Waals surface area (Å²) in [5, 5.41) is 4.86. The van der Waals surface area contributed by atoms with Gasteiger partial charge in [0.15, 0.2) is 0 Å². The highest BCUT2D eigenvalue weighted by atomic mass is 15.1. The van der Waals surface area contributed by atoms with Crippen LogP contribution in [0.2, 0.25) is 0 Å². The minimum atomic E-state index is 0.585. The zero-order valence-electron chi connectivity index (χ0n) is 12.7. The number of pyridine rings is 1. The Kier molecular flexibility index (Phi) is 3.65. The van der Waals surface area contributed by atoms with Crippen LogP contribution in [0, 0.1) is 0 Å². The van der Waals surface area contributed by atoms with Gasteiger partial charge in [0.25, 0.3) is 0 Å². The van der Waals surface area contributed by atoms with Crippen LogP contribution in [0.3, 0.4) is 0 Å². The topological polar surface area (TPSA) is 29.9 Å². The summed E-state index contributed by atoms with van der Waals surface area (Å²) in [7, 11) is 0. The van der Waals surface area contributed by atoms with Crippen LogP contribution in [0.15, 0.2) is 54.9 Å². The van der Waals surface area contributed by atoms with Crippen LogP contribution in [-0.2, 0) is 13.0 Å². The van der Waals surface area contributed by atoms with Crippen molar-refractivity contribution in [3.8, 4) is 0 Å². The Hall–Kier alpha value is -2.13. The molecule has 3 heteroatoms. The van der Waals surface area contributed by atoms with Gasteiger partial charge in [-0.25, -0.2) is 4.98 Å². The Labute approximate surface area is 131 Å². The molecule has 0 bridgehead atoms. The highest BCUT2D eigenvalue weighted by Crippen LogP contribution is 2.23. The summed E-state index contributed by atoms with van der Waals surface area (Å²) in [6.45, 7) is 2.16. The second-order valence-corrected chi connectivity index (χ2v) is 6.14. The average molecular weight is 291 g/mol. The fraction of sp³-hybridized carbons (Fsp3) is 0.316. The Morgan fingerprint density at radius 2 is 2.05 bits per heavy atom. The smallest absolute Gasteiger partial charge is 0.140 e. The molecule has 0 saturated carbocycles. The van der Waals surface area contributed by atoms with Crippen molar-refractivity contribution in [2.24, 2.45) is 0 Å². The molecule has 0 unspecified atom stereocenters. The van der Waals surface area contributed by atoms with Gasteiger partial charge in [-0.15, -0.1) is 0 Å². The van der Waals surface area contributed by atoms with E-state index in [1.54, 1.807) is 0 Å². The van der Waals surface area contributed by atoms with E-state index in [-0.39, 0.29) is 0 Å². The highest BCUT2D eigenvalue weighted by molar-refractivity contribution is 5.80. The molecule has 1 aliphatic heterocycles. The normalized spacial score (nSPS) is 18.1. The van der Waals surface area contributed by atoms with E-state index in [1.807, 2.05) is 12.3 Å². The number of nitrogens with zero attached hydrogens (tertiary/aromatic N) is 2. The lowest BCUT2D eigenvalue weighted by Crippen LogP contribution is -2.26. The molecule has 1 aromatic carbocycles. The standard InChI is InChI=1S/C19H21N3/c1-2-6-15(7-3-1)12-16-13-22(14-17-8-4-10-20-17)19-18(16)9-5-11-21-19/h1-3,5-7,9,11,13,17,20H,4,8,10,12,14H2/t17-/m1/s1. The fourth-order valence-electron chi connectivity index (χ4n) is 3.44. The lowest BCUT2D eigenvalue weighted by molar-refractivity contribution is 0.516. The molecule has 112 valence electrons. The molecule has 0 amide bonds. The van der Waals surface area contributed by atoms with E-state index in [9.17, 15) is 0 Å². The van der Waals surface area contributed by atoms with Crippen LogP contribution in [0.25, 0.3) is 11.0 Å². The maximum Gasteiger partial charge on any atom is 0.140 e. The maximum atomic E-state index is 4.62. The molecule has 2 aromatic heterocycles. The number of hydrogen-bond donors (Lipinski definition) is 1.